The number of fused-ring (bicyclic) bond motifs is 1. The van der Waals surface area contributed by atoms with Crippen molar-refractivity contribution in [3.8, 4) is 0 Å². The van der Waals surface area contributed by atoms with Gasteiger partial charge in [0.05, 0.1) is 5.92 Å². The van der Waals surface area contributed by atoms with Gasteiger partial charge in [-0.1, -0.05) is 19.3 Å². The first-order valence-corrected chi connectivity index (χ1v) is 8.71. The standard InChI is InChI=1S/C16H26ClNO2/c17-11-5-3-4-10(8-11)15-9-13(16(19)20)12-6-1-2-7-14(12)18-15/h10-15,18H,1-9H2,(H,19,20). The third-order valence-corrected chi connectivity index (χ3v) is 6.21. The first-order valence-electron chi connectivity index (χ1n) is 8.28. The highest BCUT2D eigenvalue weighted by molar-refractivity contribution is 6.20. The Morgan fingerprint density at radius 2 is 1.80 bits per heavy atom. The van der Waals surface area contributed by atoms with Crippen molar-refractivity contribution in [1.29, 1.82) is 0 Å². The molecule has 3 aliphatic rings. The SMILES string of the molecule is O=C(O)C1CC(C2CCCC(Cl)C2)NC2CCCCC21. The highest BCUT2D eigenvalue weighted by Crippen LogP contribution is 2.41. The quantitative estimate of drug-likeness (QED) is 0.768. The zero-order valence-electron chi connectivity index (χ0n) is 12.1. The Balaban J connectivity index is 1.71. The van der Waals surface area contributed by atoms with Gasteiger partial charge in [-0.15, -0.1) is 11.6 Å². The summed E-state index contributed by atoms with van der Waals surface area (Å²) in [4.78, 5) is 11.6. The van der Waals surface area contributed by atoms with Gasteiger partial charge in [0.25, 0.3) is 0 Å². The molecule has 0 aromatic rings. The summed E-state index contributed by atoms with van der Waals surface area (Å²) in [6, 6.07) is 0.802. The second kappa shape index (κ2) is 6.23. The largest absolute Gasteiger partial charge is 0.481 e. The number of alkyl halides is 1. The van der Waals surface area contributed by atoms with E-state index in [-0.39, 0.29) is 5.92 Å². The van der Waals surface area contributed by atoms with Gasteiger partial charge in [0.15, 0.2) is 0 Å². The minimum absolute atomic E-state index is 0.137. The molecule has 2 aliphatic carbocycles. The van der Waals surface area contributed by atoms with Gasteiger partial charge < -0.3 is 10.4 Å². The van der Waals surface area contributed by atoms with Gasteiger partial charge in [0.1, 0.15) is 0 Å². The van der Waals surface area contributed by atoms with Crippen LogP contribution in [-0.2, 0) is 4.79 Å². The molecule has 114 valence electrons. The molecule has 6 atom stereocenters. The van der Waals surface area contributed by atoms with Crippen molar-refractivity contribution < 1.29 is 9.90 Å². The molecular formula is C16H26ClNO2. The number of carboxylic acids is 1. The van der Waals surface area contributed by atoms with E-state index in [2.05, 4.69) is 5.32 Å². The topological polar surface area (TPSA) is 49.3 Å². The maximum absolute atomic E-state index is 11.6. The van der Waals surface area contributed by atoms with Crippen LogP contribution in [0.4, 0.5) is 0 Å². The number of nitrogens with one attached hydrogen (secondary N) is 1. The van der Waals surface area contributed by atoms with Gasteiger partial charge in [-0.2, -0.15) is 0 Å². The summed E-state index contributed by atoms with van der Waals surface area (Å²) in [6.45, 7) is 0. The molecule has 0 aromatic heterocycles. The fourth-order valence-corrected chi connectivity index (χ4v) is 5.17. The third kappa shape index (κ3) is 2.99. The molecule has 1 heterocycles. The Kier molecular flexibility index (Phi) is 4.56. The number of rotatable bonds is 2. The van der Waals surface area contributed by atoms with Crippen LogP contribution < -0.4 is 5.32 Å². The molecular weight excluding hydrogens is 274 g/mol. The Bertz CT molecular complexity index is 362. The van der Waals surface area contributed by atoms with E-state index >= 15 is 0 Å². The molecule has 3 nitrogen and oxygen atoms in total. The average Bonchev–Trinajstić information content (AvgIpc) is 2.46. The Morgan fingerprint density at radius 1 is 1.00 bits per heavy atom. The molecule has 1 saturated heterocycles. The molecule has 0 radical (unpaired) electrons. The van der Waals surface area contributed by atoms with Gasteiger partial charge in [0.2, 0.25) is 0 Å². The second-order valence-corrected chi connectivity index (χ2v) is 7.65. The van der Waals surface area contributed by atoms with Gasteiger partial charge in [-0.25, -0.2) is 0 Å². The van der Waals surface area contributed by atoms with Gasteiger partial charge in [0, 0.05) is 17.5 Å². The Labute approximate surface area is 126 Å². The lowest BCUT2D eigenvalue weighted by atomic mass is 9.68. The van der Waals surface area contributed by atoms with Gasteiger partial charge in [-0.3, -0.25) is 4.79 Å². The van der Waals surface area contributed by atoms with Crippen molar-refractivity contribution in [2.24, 2.45) is 17.8 Å². The van der Waals surface area contributed by atoms with Crippen LogP contribution >= 0.6 is 11.6 Å². The normalized spacial score (nSPS) is 45.6. The average molecular weight is 300 g/mol. The molecule has 6 unspecified atom stereocenters. The molecule has 0 spiro atoms. The predicted molar refractivity (Wildman–Crippen MR) is 80.0 cm³/mol. The fraction of sp³-hybridized carbons (Fsp3) is 0.938. The summed E-state index contributed by atoms with van der Waals surface area (Å²) < 4.78 is 0. The zero-order valence-corrected chi connectivity index (χ0v) is 12.8. The van der Waals surface area contributed by atoms with Crippen LogP contribution in [0, 0.1) is 17.8 Å². The van der Waals surface area contributed by atoms with Gasteiger partial charge in [-0.05, 0) is 50.4 Å². The maximum Gasteiger partial charge on any atom is 0.306 e. The summed E-state index contributed by atoms with van der Waals surface area (Å²) in [6.07, 6.45) is 10.1. The molecule has 2 saturated carbocycles. The molecule has 3 rings (SSSR count). The van der Waals surface area contributed by atoms with Crippen molar-refractivity contribution in [3.63, 3.8) is 0 Å². The van der Waals surface area contributed by atoms with Crippen LogP contribution in [0.5, 0.6) is 0 Å². The van der Waals surface area contributed by atoms with Crippen LogP contribution in [-0.4, -0.2) is 28.5 Å². The second-order valence-electron chi connectivity index (χ2n) is 7.03. The van der Waals surface area contributed by atoms with Gasteiger partial charge >= 0.3 is 5.97 Å². The molecule has 3 fully saturated rings. The van der Waals surface area contributed by atoms with E-state index in [4.69, 9.17) is 11.6 Å². The van der Waals surface area contributed by atoms with Crippen LogP contribution in [0.2, 0.25) is 0 Å². The van der Waals surface area contributed by atoms with Crippen molar-refractivity contribution in [2.75, 3.05) is 0 Å². The first-order chi connectivity index (χ1) is 9.65. The van der Waals surface area contributed by atoms with Crippen molar-refractivity contribution in [3.05, 3.63) is 0 Å². The molecule has 4 heteroatoms. The molecule has 0 aromatic carbocycles. The summed E-state index contributed by atoms with van der Waals surface area (Å²) in [5.41, 5.74) is 0. The number of aliphatic carboxylic acids is 1. The molecule has 2 N–H and O–H groups in total. The van der Waals surface area contributed by atoms with E-state index in [1.165, 1.54) is 25.7 Å². The number of carbonyl (C=O) groups is 1. The smallest absolute Gasteiger partial charge is 0.306 e. The van der Waals surface area contributed by atoms with Crippen molar-refractivity contribution >= 4 is 17.6 Å². The predicted octanol–water partition coefficient (Wildman–Crippen LogP) is 3.41. The number of carboxylic acid groups (broad SMARTS) is 1. The molecule has 20 heavy (non-hydrogen) atoms. The van der Waals surface area contributed by atoms with E-state index in [1.807, 2.05) is 0 Å². The lowest BCUT2D eigenvalue weighted by molar-refractivity contribution is -0.147. The molecule has 0 bridgehead atoms. The van der Waals surface area contributed by atoms with Crippen LogP contribution in [0.3, 0.4) is 0 Å². The zero-order chi connectivity index (χ0) is 14.1. The minimum atomic E-state index is -0.577. The Hall–Kier alpha value is -0.280. The van der Waals surface area contributed by atoms with E-state index in [9.17, 15) is 9.90 Å². The maximum atomic E-state index is 11.6. The summed E-state index contributed by atoms with van der Waals surface area (Å²) in [5.74, 6) is 0.220. The number of hydrogen-bond donors (Lipinski definition) is 2. The number of halogens is 1. The molecule has 0 amide bonds. The third-order valence-electron chi connectivity index (χ3n) is 5.81. The van der Waals surface area contributed by atoms with E-state index < -0.39 is 5.97 Å². The minimum Gasteiger partial charge on any atom is -0.481 e. The highest BCUT2D eigenvalue weighted by Gasteiger charge is 2.44. The number of hydrogen-bond acceptors (Lipinski definition) is 2. The molecule has 1 aliphatic heterocycles. The fourth-order valence-electron chi connectivity index (χ4n) is 4.78. The van der Waals surface area contributed by atoms with Crippen LogP contribution in [0.25, 0.3) is 0 Å². The van der Waals surface area contributed by atoms with E-state index in [1.54, 1.807) is 0 Å². The monoisotopic (exact) mass is 299 g/mol. The summed E-state index contributed by atoms with van der Waals surface area (Å²) in [5, 5.41) is 13.7. The van der Waals surface area contributed by atoms with E-state index in [0.717, 1.165) is 32.1 Å². The van der Waals surface area contributed by atoms with E-state index in [0.29, 0.717) is 29.3 Å². The van der Waals surface area contributed by atoms with Crippen molar-refractivity contribution in [2.45, 2.75) is 75.2 Å². The lowest BCUT2D eigenvalue weighted by Gasteiger charge is -2.47. The number of piperidine rings is 1. The van der Waals surface area contributed by atoms with Crippen LogP contribution in [0.15, 0.2) is 0 Å². The lowest BCUT2D eigenvalue weighted by Crippen LogP contribution is -2.57. The van der Waals surface area contributed by atoms with Crippen LogP contribution in [0.1, 0.15) is 57.8 Å². The highest BCUT2D eigenvalue weighted by atomic mass is 35.5. The van der Waals surface area contributed by atoms with Crippen molar-refractivity contribution in [1.82, 2.24) is 5.32 Å². The first kappa shape index (κ1) is 14.6. The Morgan fingerprint density at radius 3 is 2.55 bits per heavy atom. The summed E-state index contributed by atoms with van der Waals surface area (Å²) in [7, 11) is 0. The summed E-state index contributed by atoms with van der Waals surface area (Å²) >= 11 is 6.32.